The lowest BCUT2D eigenvalue weighted by atomic mass is 9.77. The predicted molar refractivity (Wildman–Crippen MR) is 78.6 cm³/mol. The van der Waals surface area contributed by atoms with Crippen LogP contribution in [0.4, 0.5) is 0 Å². The van der Waals surface area contributed by atoms with Gasteiger partial charge in [0.05, 0.1) is 12.5 Å². The smallest absolute Gasteiger partial charge is 0.311 e. The molecule has 1 aromatic rings. The van der Waals surface area contributed by atoms with Gasteiger partial charge in [-0.05, 0) is 44.2 Å². The van der Waals surface area contributed by atoms with Crippen LogP contribution in [0.5, 0.6) is 0 Å². The average Bonchev–Trinajstić information content (AvgIpc) is 3.03. The Kier molecular flexibility index (Phi) is 3.49. The molecule has 6 heteroatoms. The largest absolute Gasteiger partial charge is 0.469 e. The van der Waals surface area contributed by atoms with E-state index in [-0.39, 0.29) is 22.1 Å². The number of ketones is 1. The third kappa shape index (κ3) is 2.25. The molecule has 2 saturated carbocycles. The molecule has 0 aliphatic heterocycles. The first-order valence-corrected chi connectivity index (χ1v) is 7.63. The second-order valence-electron chi connectivity index (χ2n) is 6.06. The fourth-order valence-corrected chi connectivity index (χ4v) is 4.37. The normalized spacial score (nSPS) is 30.4. The Morgan fingerprint density at radius 1 is 1.10 bits per heavy atom. The molecule has 2 fully saturated rings. The van der Waals surface area contributed by atoms with Gasteiger partial charge in [-0.15, -0.1) is 0 Å². The molecule has 0 unspecified atom stereocenters. The third-order valence-electron chi connectivity index (χ3n) is 4.97. The van der Waals surface area contributed by atoms with Crippen molar-refractivity contribution in [3.8, 4) is 0 Å². The van der Waals surface area contributed by atoms with E-state index >= 15 is 0 Å². The lowest BCUT2D eigenvalue weighted by Gasteiger charge is -2.25. The lowest BCUT2D eigenvalue weighted by molar-refractivity contribution is -0.152. The molecule has 2 aliphatic carbocycles. The van der Waals surface area contributed by atoms with E-state index in [2.05, 4.69) is 4.98 Å². The summed E-state index contributed by atoms with van der Waals surface area (Å²) in [6.07, 6.45) is 3.38. The summed E-state index contributed by atoms with van der Waals surface area (Å²) < 4.78 is 4.92. The van der Waals surface area contributed by atoms with Crippen molar-refractivity contribution in [2.45, 2.75) is 32.1 Å². The van der Waals surface area contributed by atoms with Gasteiger partial charge in [-0.2, -0.15) is 0 Å². The number of halogens is 2. The minimum Gasteiger partial charge on any atom is -0.469 e. The molecular formula is C15H15Cl2NO3. The Balaban J connectivity index is 1.91. The summed E-state index contributed by atoms with van der Waals surface area (Å²) in [7, 11) is 1.40. The Morgan fingerprint density at radius 3 is 2.14 bits per heavy atom. The zero-order chi connectivity index (χ0) is 15.3. The van der Waals surface area contributed by atoms with Crippen molar-refractivity contribution >= 4 is 35.0 Å². The lowest BCUT2D eigenvalue weighted by Crippen LogP contribution is -2.27. The molecule has 112 valence electrons. The van der Waals surface area contributed by atoms with Crippen LogP contribution in [0.15, 0.2) is 12.1 Å². The maximum Gasteiger partial charge on any atom is 0.311 e. The van der Waals surface area contributed by atoms with Crippen LogP contribution in [0.1, 0.15) is 42.5 Å². The number of hydrogen-bond acceptors (Lipinski definition) is 4. The molecule has 0 amide bonds. The first-order chi connectivity index (χ1) is 9.91. The molecular weight excluding hydrogens is 313 g/mol. The average molecular weight is 328 g/mol. The molecule has 2 bridgehead atoms. The van der Waals surface area contributed by atoms with Gasteiger partial charge < -0.3 is 4.74 Å². The van der Waals surface area contributed by atoms with E-state index in [1.165, 1.54) is 7.11 Å². The SMILES string of the molecule is COC(=O)C12CCC(C(=O)c3cc(Cl)nc(Cl)c3)(CC1)C2. The number of nitrogens with zero attached hydrogens (tertiary/aromatic N) is 1. The molecule has 4 nitrogen and oxygen atoms in total. The molecule has 1 heterocycles. The summed E-state index contributed by atoms with van der Waals surface area (Å²) in [4.78, 5) is 28.8. The second-order valence-corrected chi connectivity index (χ2v) is 6.83. The number of ether oxygens (including phenoxy) is 1. The number of aromatic nitrogens is 1. The van der Waals surface area contributed by atoms with E-state index < -0.39 is 10.8 Å². The topological polar surface area (TPSA) is 56.3 Å². The number of carbonyl (C=O) groups excluding carboxylic acids is 2. The van der Waals surface area contributed by atoms with Gasteiger partial charge in [-0.25, -0.2) is 4.98 Å². The van der Waals surface area contributed by atoms with E-state index in [0.29, 0.717) is 37.7 Å². The fraction of sp³-hybridized carbons (Fsp3) is 0.533. The number of Topliss-reactive ketones (excluding diaryl/α,β-unsaturated/α-hetero) is 1. The predicted octanol–water partition coefficient (Wildman–Crippen LogP) is 3.69. The Hall–Kier alpha value is -1.13. The van der Waals surface area contributed by atoms with Crippen LogP contribution in [0.2, 0.25) is 10.3 Å². The van der Waals surface area contributed by atoms with Gasteiger partial charge in [-0.3, -0.25) is 9.59 Å². The van der Waals surface area contributed by atoms with Crippen molar-refractivity contribution in [1.82, 2.24) is 4.98 Å². The van der Waals surface area contributed by atoms with Crippen molar-refractivity contribution in [3.63, 3.8) is 0 Å². The highest BCUT2D eigenvalue weighted by molar-refractivity contribution is 6.33. The summed E-state index contributed by atoms with van der Waals surface area (Å²) in [6, 6.07) is 3.09. The van der Waals surface area contributed by atoms with Crippen molar-refractivity contribution in [1.29, 1.82) is 0 Å². The number of methoxy groups -OCH3 is 1. The molecule has 1 aromatic heterocycles. The van der Waals surface area contributed by atoms with E-state index in [0.717, 1.165) is 0 Å². The van der Waals surface area contributed by atoms with Crippen molar-refractivity contribution in [2.24, 2.45) is 10.8 Å². The second kappa shape index (κ2) is 4.96. The fourth-order valence-electron chi connectivity index (χ4n) is 3.91. The molecule has 0 aromatic carbocycles. The summed E-state index contributed by atoms with van der Waals surface area (Å²) in [6.45, 7) is 0. The van der Waals surface area contributed by atoms with Crippen LogP contribution in [0, 0.1) is 10.8 Å². The maximum absolute atomic E-state index is 12.9. The van der Waals surface area contributed by atoms with Crippen LogP contribution in [0.3, 0.4) is 0 Å². The number of carbonyl (C=O) groups is 2. The molecule has 2 aliphatic rings. The van der Waals surface area contributed by atoms with Crippen LogP contribution >= 0.6 is 23.2 Å². The van der Waals surface area contributed by atoms with Gasteiger partial charge in [-0.1, -0.05) is 23.2 Å². The summed E-state index contributed by atoms with van der Waals surface area (Å²) in [5.41, 5.74) is -0.490. The minimum atomic E-state index is -0.484. The number of pyridine rings is 1. The van der Waals surface area contributed by atoms with E-state index in [1.807, 2.05) is 0 Å². The standard InChI is InChI=1S/C15H15Cl2NO3/c1-21-13(20)15-4-2-14(8-15,3-5-15)12(19)9-6-10(16)18-11(17)7-9/h6-7H,2-5,8H2,1H3. The monoisotopic (exact) mass is 327 g/mol. The van der Waals surface area contributed by atoms with E-state index in [9.17, 15) is 9.59 Å². The molecule has 3 rings (SSSR count). The number of fused-ring (bicyclic) bond motifs is 2. The summed E-state index contributed by atoms with van der Waals surface area (Å²) >= 11 is 11.8. The number of rotatable bonds is 3. The van der Waals surface area contributed by atoms with Gasteiger partial charge in [0.1, 0.15) is 10.3 Å². The highest BCUT2D eigenvalue weighted by Crippen LogP contribution is 2.63. The highest BCUT2D eigenvalue weighted by Gasteiger charge is 2.61. The third-order valence-corrected chi connectivity index (χ3v) is 5.35. The summed E-state index contributed by atoms with van der Waals surface area (Å²) in [5.74, 6) is -0.183. The van der Waals surface area contributed by atoms with Gasteiger partial charge in [0.15, 0.2) is 5.78 Å². The summed E-state index contributed by atoms with van der Waals surface area (Å²) in [5, 5.41) is 0.412. The van der Waals surface area contributed by atoms with Crippen LogP contribution in [-0.4, -0.2) is 23.8 Å². The van der Waals surface area contributed by atoms with Gasteiger partial charge in [0.2, 0.25) is 0 Å². The zero-order valence-electron chi connectivity index (χ0n) is 11.6. The van der Waals surface area contributed by atoms with Gasteiger partial charge in [0.25, 0.3) is 0 Å². The van der Waals surface area contributed by atoms with E-state index in [4.69, 9.17) is 27.9 Å². The quantitative estimate of drug-likeness (QED) is 0.482. The first kappa shape index (κ1) is 14.8. The molecule has 0 atom stereocenters. The Labute approximate surface area is 132 Å². The Morgan fingerprint density at radius 2 is 1.62 bits per heavy atom. The molecule has 0 radical (unpaired) electrons. The highest BCUT2D eigenvalue weighted by atomic mass is 35.5. The van der Waals surface area contributed by atoms with Gasteiger partial charge in [0, 0.05) is 11.0 Å². The van der Waals surface area contributed by atoms with Crippen LogP contribution in [-0.2, 0) is 9.53 Å². The molecule has 0 spiro atoms. The molecule has 0 saturated heterocycles. The van der Waals surface area contributed by atoms with Gasteiger partial charge >= 0.3 is 5.97 Å². The maximum atomic E-state index is 12.9. The minimum absolute atomic E-state index is 0.0111. The molecule has 21 heavy (non-hydrogen) atoms. The number of hydrogen-bond donors (Lipinski definition) is 0. The van der Waals surface area contributed by atoms with Crippen LogP contribution in [0.25, 0.3) is 0 Å². The number of esters is 1. The molecule has 0 N–H and O–H groups in total. The first-order valence-electron chi connectivity index (χ1n) is 6.87. The Bertz CT molecular complexity index is 601. The van der Waals surface area contributed by atoms with Crippen molar-refractivity contribution < 1.29 is 14.3 Å². The van der Waals surface area contributed by atoms with Crippen LogP contribution < -0.4 is 0 Å². The van der Waals surface area contributed by atoms with Crippen molar-refractivity contribution in [2.75, 3.05) is 7.11 Å². The van der Waals surface area contributed by atoms with Crippen molar-refractivity contribution in [3.05, 3.63) is 28.0 Å². The zero-order valence-corrected chi connectivity index (χ0v) is 13.1. The van der Waals surface area contributed by atoms with E-state index in [1.54, 1.807) is 12.1 Å².